The molecule has 0 radical (unpaired) electrons. The smallest absolute Gasteiger partial charge is 0.338 e. The Morgan fingerprint density at radius 3 is 2.57 bits per heavy atom. The van der Waals surface area contributed by atoms with Gasteiger partial charge in [-0.3, -0.25) is 0 Å². The Hall–Kier alpha value is -1.11. The van der Waals surface area contributed by atoms with E-state index in [0.717, 1.165) is 25.7 Å². The zero-order valence-electron chi connectivity index (χ0n) is 11.8. The predicted octanol–water partition coefficient (Wildman–Crippen LogP) is 2.64. The van der Waals surface area contributed by atoms with E-state index in [0.29, 0.717) is 18.1 Å². The number of benzene rings is 1. The molecular formula is C14H18ClNO4S. The lowest BCUT2D eigenvalue weighted by Crippen LogP contribution is -2.16. The van der Waals surface area contributed by atoms with Crippen molar-refractivity contribution in [3.8, 4) is 0 Å². The van der Waals surface area contributed by atoms with Gasteiger partial charge in [0, 0.05) is 5.02 Å². The molecule has 1 fully saturated rings. The van der Waals surface area contributed by atoms with Crippen LogP contribution in [0.3, 0.4) is 0 Å². The highest BCUT2D eigenvalue weighted by Gasteiger charge is 2.21. The topological polar surface area (TPSA) is 86.5 Å². The average molecular weight is 332 g/mol. The SMILES string of the molecule is Cc1c(Cl)cc(C(=O)OCC2CCCC2)cc1S(N)(=O)=O. The Kier molecular flexibility index (Phi) is 4.91. The number of carbonyl (C=O) groups is 1. The van der Waals surface area contributed by atoms with Crippen molar-refractivity contribution in [1.29, 1.82) is 0 Å². The van der Waals surface area contributed by atoms with E-state index < -0.39 is 16.0 Å². The van der Waals surface area contributed by atoms with Gasteiger partial charge in [-0.1, -0.05) is 24.4 Å². The third-order valence-electron chi connectivity index (χ3n) is 3.76. The van der Waals surface area contributed by atoms with Gasteiger partial charge in [-0.25, -0.2) is 18.4 Å². The molecule has 0 spiro atoms. The van der Waals surface area contributed by atoms with Crippen molar-refractivity contribution in [3.05, 3.63) is 28.3 Å². The molecular weight excluding hydrogens is 314 g/mol. The van der Waals surface area contributed by atoms with Gasteiger partial charge in [-0.05, 0) is 43.4 Å². The highest BCUT2D eigenvalue weighted by Crippen LogP contribution is 2.27. The first-order chi connectivity index (χ1) is 9.79. The number of esters is 1. The van der Waals surface area contributed by atoms with Gasteiger partial charge in [0.1, 0.15) is 0 Å². The van der Waals surface area contributed by atoms with Crippen LogP contribution >= 0.6 is 11.6 Å². The van der Waals surface area contributed by atoms with Crippen molar-refractivity contribution in [1.82, 2.24) is 0 Å². The zero-order valence-corrected chi connectivity index (χ0v) is 13.3. The highest BCUT2D eigenvalue weighted by molar-refractivity contribution is 7.89. The molecule has 0 heterocycles. The molecule has 1 saturated carbocycles. The standard InChI is InChI=1S/C14H18ClNO4S/c1-9-12(15)6-11(7-13(9)21(16,18)19)14(17)20-8-10-4-2-3-5-10/h6-7,10H,2-5,8H2,1H3,(H2,16,18,19). The summed E-state index contributed by atoms with van der Waals surface area (Å²) in [6.45, 7) is 1.89. The van der Waals surface area contributed by atoms with Crippen LogP contribution in [0.4, 0.5) is 0 Å². The van der Waals surface area contributed by atoms with Crippen molar-refractivity contribution >= 4 is 27.6 Å². The van der Waals surface area contributed by atoms with Crippen molar-refractivity contribution < 1.29 is 17.9 Å². The van der Waals surface area contributed by atoms with Crippen LogP contribution in [0.2, 0.25) is 5.02 Å². The molecule has 0 atom stereocenters. The Balaban J connectivity index is 2.19. The molecule has 0 aromatic heterocycles. The first kappa shape index (κ1) is 16.3. The number of halogens is 1. The third-order valence-corrected chi connectivity index (χ3v) is 5.19. The van der Waals surface area contributed by atoms with Gasteiger partial charge in [0.15, 0.2) is 0 Å². The van der Waals surface area contributed by atoms with Crippen LogP contribution < -0.4 is 5.14 Å². The predicted molar refractivity (Wildman–Crippen MR) is 79.8 cm³/mol. The lowest BCUT2D eigenvalue weighted by molar-refractivity contribution is 0.0442. The molecule has 21 heavy (non-hydrogen) atoms. The largest absolute Gasteiger partial charge is 0.462 e. The van der Waals surface area contributed by atoms with E-state index in [1.807, 2.05) is 0 Å². The summed E-state index contributed by atoms with van der Waals surface area (Å²) in [5.74, 6) is -0.179. The minimum Gasteiger partial charge on any atom is -0.462 e. The van der Waals surface area contributed by atoms with Gasteiger partial charge in [-0.15, -0.1) is 0 Å². The molecule has 1 aliphatic rings. The minimum absolute atomic E-state index is 0.104. The Morgan fingerprint density at radius 2 is 2.00 bits per heavy atom. The molecule has 0 amide bonds. The molecule has 2 rings (SSSR count). The molecule has 0 bridgehead atoms. The minimum atomic E-state index is -3.93. The van der Waals surface area contributed by atoms with E-state index in [2.05, 4.69) is 0 Å². The second kappa shape index (κ2) is 6.34. The maximum atomic E-state index is 12.0. The van der Waals surface area contributed by atoms with Crippen molar-refractivity contribution in [2.24, 2.45) is 11.1 Å². The van der Waals surface area contributed by atoms with Crippen molar-refractivity contribution in [2.75, 3.05) is 6.61 Å². The zero-order chi connectivity index (χ0) is 15.6. The fourth-order valence-electron chi connectivity index (χ4n) is 2.52. The number of nitrogens with two attached hydrogens (primary N) is 1. The number of ether oxygens (including phenoxy) is 1. The summed E-state index contributed by atoms with van der Waals surface area (Å²) in [6, 6.07) is 2.62. The monoisotopic (exact) mass is 331 g/mol. The van der Waals surface area contributed by atoms with Crippen LogP contribution in [0.15, 0.2) is 17.0 Å². The molecule has 1 aromatic rings. The summed E-state index contributed by atoms with van der Waals surface area (Å²) >= 11 is 5.97. The van der Waals surface area contributed by atoms with Gasteiger partial charge in [0.05, 0.1) is 17.1 Å². The number of carbonyl (C=O) groups excluding carboxylic acids is 1. The summed E-state index contributed by atoms with van der Waals surface area (Å²) in [7, 11) is -3.93. The number of hydrogen-bond donors (Lipinski definition) is 1. The molecule has 5 nitrogen and oxygen atoms in total. The van der Waals surface area contributed by atoms with Crippen molar-refractivity contribution in [3.63, 3.8) is 0 Å². The van der Waals surface area contributed by atoms with E-state index in [1.165, 1.54) is 19.1 Å². The number of rotatable bonds is 4. The average Bonchev–Trinajstić information content (AvgIpc) is 2.90. The molecule has 116 valence electrons. The first-order valence-corrected chi connectivity index (χ1v) is 8.71. The van der Waals surface area contributed by atoms with E-state index in [9.17, 15) is 13.2 Å². The number of primary sulfonamides is 1. The van der Waals surface area contributed by atoms with E-state index in [4.69, 9.17) is 21.5 Å². The quantitative estimate of drug-likeness (QED) is 0.859. The fraction of sp³-hybridized carbons (Fsp3) is 0.500. The summed E-state index contributed by atoms with van der Waals surface area (Å²) < 4.78 is 28.3. The molecule has 0 unspecified atom stereocenters. The van der Waals surface area contributed by atoms with Gasteiger partial charge < -0.3 is 4.74 Å². The van der Waals surface area contributed by atoms with Crippen LogP contribution in [-0.2, 0) is 14.8 Å². The van der Waals surface area contributed by atoms with E-state index >= 15 is 0 Å². The van der Waals surface area contributed by atoms with Gasteiger partial charge in [0.25, 0.3) is 0 Å². The van der Waals surface area contributed by atoms with Crippen molar-refractivity contribution in [2.45, 2.75) is 37.5 Å². The molecule has 1 aliphatic carbocycles. The Labute approximate surface area is 129 Å². The lowest BCUT2D eigenvalue weighted by atomic mass is 10.1. The Morgan fingerprint density at radius 1 is 1.38 bits per heavy atom. The molecule has 7 heteroatoms. The molecule has 2 N–H and O–H groups in total. The molecule has 0 saturated heterocycles. The highest BCUT2D eigenvalue weighted by atomic mass is 35.5. The summed E-state index contributed by atoms with van der Waals surface area (Å²) in [4.78, 5) is 11.9. The normalized spacial score (nSPS) is 16.1. The van der Waals surface area contributed by atoms with E-state index in [-0.39, 0.29) is 15.5 Å². The van der Waals surface area contributed by atoms with Crippen LogP contribution in [0.25, 0.3) is 0 Å². The summed E-state index contributed by atoms with van der Waals surface area (Å²) in [5.41, 5.74) is 0.430. The maximum absolute atomic E-state index is 12.0. The second-order valence-corrected chi connectivity index (χ2v) is 7.31. The number of sulfonamides is 1. The number of hydrogen-bond acceptors (Lipinski definition) is 4. The second-order valence-electron chi connectivity index (χ2n) is 5.38. The Bertz CT molecular complexity index is 651. The first-order valence-electron chi connectivity index (χ1n) is 6.79. The lowest BCUT2D eigenvalue weighted by Gasteiger charge is -2.12. The van der Waals surface area contributed by atoms with Crippen LogP contribution in [0, 0.1) is 12.8 Å². The van der Waals surface area contributed by atoms with Crippen LogP contribution in [0.5, 0.6) is 0 Å². The van der Waals surface area contributed by atoms with Gasteiger partial charge >= 0.3 is 5.97 Å². The van der Waals surface area contributed by atoms with Crippen LogP contribution in [0.1, 0.15) is 41.6 Å². The van der Waals surface area contributed by atoms with E-state index in [1.54, 1.807) is 0 Å². The van der Waals surface area contributed by atoms with Gasteiger partial charge in [-0.2, -0.15) is 0 Å². The molecule has 1 aromatic carbocycles. The molecule has 0 aliphatic heterocycles. The fourth-order valence-corrected chi connectivity index (χ4v) is 3.62. The van der Waals surface area contributed by atoms with Gasteiger partial charge in [0.2, 0.25) is 10.0 Å². The third kappa shape index (κ3) is 3.96. The maximum Gasteiger partial charge on any atom is 0.338 e. The summed E-state index contributed by atoms with van der Waals surface area (Å²) in [6.07, 6.45) is 4.44. The van der Waals surface area contributed by atoms with Crippen LogP contribution in [-0.4, -0.2) is 21.0 Å². The summed E-state index contributed by atoms with van der Waals surface area (Å²) in [5, 5.41) is 5.31.